The van der Waals surface area contributed by atoms with Gasteiger partial charge in [0.15, 0.2) is 5.65 Å². The van der Waals surface area contributed by atoms with E-state index in [0.717, 1.165) is 37.0 Å². The summed E-state index contributed by atoms with van der Waals surface area (Å²) in [5.74, 6) is 0.502. The minimum absolute atomic E-state index is 0.502. The molecular formula is C16H17N5. The van der Waals surface area contributed by atoms with E-state index in [-0.39, 0.29) is 0 Å². The molecule has 2 N–H and O–H groups in total. The van der Waals surface area contributed by atoms with Gasteiger partial charge in [0.2, 0.25) is 0 Å². The standard InChI is InChI=1S/C16H17N5/c1-5-17-6-2-11(1)14-9-13-10-19-21-16(13)20-15(14)12-3-7-18-8-4-12/h1-2,5-6,9-10,12,18H,3-4,7-8H2,(H,19,20,21). The zero-order valence-corrected chi connectivity index (χ0v) is 11.7. The van der Waals surface area contributed by atoms with Crippen molar-refractivity contribution in [2.75, 3.05) is 13.1 Å². The Morgan fingerprint density at radius 2 is 1.90 bits per heavy atom. The first kappa shape index (κ1) is 12.5. The van der Waals surface area contributed by atoms with Crippen molar-refractivity contribution in [2.24, 2.45) is 0 Å². The summed E-state index contributed by atoms with van der Waals surface area (Å²) < 4.78 is 0. The van der Waals surface area contributed by atoms with Crippen LogP contribution < -0.4 is 5.32 Å². The van der Waals surface area contributed by atoms with Crippen molar-refractivity contribution in [2.45, 2.75) is 18.8 Å². The molecule has 0 bridgehead atoms. The lowest BCUT2D eigenvalue weighted by Crippen LogP contribution is -2.27. The predicted molar refractivity (Wildman–Crippen MR) is 82.0 cm³/mol. The van der Waals surface area contributed by atoms with E-state index in [1.165, 1.54) is 16.8 Å². The molecule has 106 valence electrons. The van der Waals surface area contributed by atoms with Gasteiger partial charge in [-0.05, 0) is 49.7 Å². The molecule has 3 aromatic rings. The summed E-state index contributed by atoms with van der Waals surface area (Å²) in [7, 11) is 0. The van der Waals surface area contributed by atoms with E-state index in [0.29, 0.717) is 5.92 Å². The summed E-state index contributed by atoms with van der Waals surface area (Å²) in [6.07, 6.45) is 7.76. The van der Waals surface area contributed by atoms with Crippen LogP contribution in [0.2, 0.25) is 0 Å². The fraction of sp³-hybridized carbons (Fsp3) is 0.312. The Hall–Kier alpha value is -2.27. The summed E-state index contributed by atoms with van der Waals surface area (Å²) in [6, 6.07) is 6.29. The Bertz CT molecular complexity index is 744. The van der Waals surface area contributed by atoms with Crippen LogP contribution in [0.1, 0.15) is 24.5 Å². The summed E-state index contributed by atoms with van der Waals surface area (Å²) in [5.41, 5.74) is 4.44. The Kier molecular flexibility index (Phi) is 3.12. The number of piperidine rings is 1. The van der Waals surface area contributed by atoms with E-state index in [4.69, 9.17) is 4.98 Å². The van der Waals surface area contributed by atoms with E-state index in [1.54, 1.807) is 0 Å². The highest BCUT2D eigenvalue weighted by Gasteiger charge is 2.21. The Balaban J connectivity index is 1.89. The minimum atomic E-state index is 0.502. The molecule has 0 spiro atoms. The van der Waals surface area contributed by atoms with Crippen molar-refractivity contribution in [1.82, 2.24) is 25.5 Å². The Morgan fingerprint density at radius 1 is 1.10 bits per heavy atom. The Labute approximate surface area is 122 Å². The quantitative estimate of drug-likeness (QED) is 0.756. The fourth-order valence-corrected chi connectivity index (χ4v) is 3.06. The molecule has 3 aromatic heterocycles. The van der Waals surface area contributed by atoms with Crippen LogP contribution in [0.25, 0.3) is 22.2 Å². The molecule has 1 aliphatic rings. The minimum Gasteiger partial charge on any atom is -0.317 e. The van der Waals surface area contributed by atoms with Gasteiger partial charge in [-0.15, -0.1) is 0 Å². The third-order valence-corrected chi connectivity index (χ3v) is 4.17. The van der Waals surface area contributed by atoms with Crippen LogP contribution in [0.3, 0.4) is 0 Å². The summed E-state index contributed by atoms with van der Waals surface area (Å²) in [5, 5.41) is 11.6. The average Bonchev–Trinajstić information content (AvgIpc) is 3.03. The zero-order chi connectivity index (χ0) is 14.1. The van der Waals surface area contributed by atoms with E-state index in [1.807, 2.05) is 30.7 Å². The predicted octanol–water partition coefficient (Wildman–Crippen LogP) is 2.49. The Morgan fingerprint density at radius 3 is 2.71 bits per heavy atom. The highest BCUT2D eigenvalue weighted by Crippen LogP contribution is 2.34. The van der Waals surface area contributed by atoms with Crippen molar-refractivity contribution < 1.29 is 0 Å². The summed E-state index contributed by atoms with van der Waals surface area (Å²) in [4.78, 5) is 8.99. The molecule has 1 saturated heterocycles. The molecule has 0 amide bonds. The van der Waals surface area contributed by atoms with Crippen LogP contribution in [-0.2, 0) is 0 Å². The molecule has 0 saturated carbocycles. The van der Waals surface area contributed by atoms with Crippen molar-refractivity contribution in [3.8, 4) is 11.1 Å². The number of fused-ring (bicyclic) bond motifs is 1. The van der Waals surface area contributed by atoms with Crippen LogP contribution in [0.5, 0.6) is 0 Å². The second kappa shape index (κ2) is 5.26. The fourth-order valence-electron chi connectivity index (χ4n) is 3.06. The SMILES string of the molecule is c1cc(-c2cc3cn[nH]c3nc2C2CCNCC2)ccn1. The van der Waals surface area contributed by atoms with E-state index in [9.17, 15) is 0 Å². The van der Waals surface area contributed by atoms with Crippen LogP contribution in [0.15, 0.2) is 36.8 Å². The monoisotopic (exact) mass is 279 g/mol. The first-order valence-corrected chi connectivity index (χ1v) is 7.37. The first-order chi connectivity index (χ1) is 10.4. The third kappa shape index (κ3) is 2.29. The van der Waals surface area contributed by atoms with Crippen molar-refractivity contribution in [3.05, 3.63) is 42.5 Å². The van der Waals surface area contributed by atoms with Gasteiger partial charge in [0.25, 0.3) is 0 Å². The van der Waals surface area contributed by atoms with Crippen molar-refractivity contribution >= 4 is 11.0 Å². The second-order valence-corrected chi connectivity index (χ2v) is 5.49. The van der Waals surface area contributed by atoms with Crippen molar-refractivity contribution in [1.29, 1.82) is 0 Å². The number of nitrogens with zero attached hydrogens (tertiary/aromatic N) is 3. The van der Waals surface area contributed by atoms with E-state index < -0.39 is 0 Å². The van der Waals surface area contributed by atoms with Gasteiger partial charge in [-0.25, -0.2) is 4.98 Å². The van der Waals surface area contributed by atoms with Crippen molar-refractivity contribution in [3.63, 3.8) is 0 Å². The number of rotatable bonds is 2. The first-order valence-electron chi connectivity index (χ1n) is 7.37. The molecule has 1 aliphatic heterocycles. The average molecular weight is 279 g/mol. The van der Waals surface area contributed by atoms with Gasteiger partial charge in [-0.1, -0.05) is 0 Å². The van der Waals surface area contributed by atoms with Crippen LogP contribution in [0, 0.1) is 0 Å². The molecule has 1 fully saturated rings. The molecule has 5 nitrogen and oxygen atoms in total. The van der Waals surface area contributed by atoms with Gasteiger partial charge in [-0.3, -0.25) is 10.1 Å². The number of hydrogen-bond acceptors (Lipinski definition) is 4. The lowest BCUT2D eigenvalue weighted by atomic mass is 9.89. The third-order valence-electron chi connectivity index (χ3n) is 4.17. The van der Waals surface area contributed by atoms with Gasteiger partial charge in [-0.2, -0.15) is 5.10 Å². The normalized spacial score (nSPS) is 16.4. The number of hydrogen-bond donors (Lipinski definition) is 2. The lowest BCUT2D eigenvalue weighted by Gasteiger charge is -2.24. The van der Waals surface area contributed by atoms with Gasteiger partial charge in [0, 0.05) is 29.3 Å². The highest BCUT2D eigenvalue weighted by molar-refractivity contribution is 5.82. The molecule has 4 rings (SSSR count). The molecule has 21 heavy (non-hydrogen) atoms. The van der Waals surface area contributed by atoms with E-state index >= 15 is 0 Å². The molecule has 0 atom stereocenters. The smallest absolute Gasteiger partial charge is 0.155 e. The molecule has 0 unspecified atom stereocenters. The number of H-pyrrole nitrogens is 1. The van der Waals surface area contributed by atoms with Gasteiger partial charge in [0.05, 0.1) is 11.9 Å². The molecular weight excluding hydrogens is 262 g/mol. The van der Waals surface area contributed by atoms with Crippen LogP contribution in [-0.4, -0.2) is 33.3 Å². The van der Waals surface area contributed by atoms with Crippen LogP contribution >= 0.6 is 0 Å². The topological polar surface area (TPSA) is 66.5 Å². The summed E-state index contributed by atoms with van der Waals surface area (Å²) in [6.45, 7) is 2.12. The molecule has 5 heteroatoms. The molecule has 0 radical (unpaired) electrons. The van der Waals surface area contributed by atoms with E-state index in [2.05, 4.69) is 26.6 Å². The van der Waals surface area contributed by atoms with Gasteiger partial charge < -0.3 is 5.32 Å². The largest absolute Gasteiger partial charge is 0.317 e. The van der Waals surface area contributed by atoms with Gasteiger partial charge in [0.1, 0.15) is 0 Å². The van der Waals surface area contributed by atoms with Crippen LogP contribution in [0.4, 0.5) is 0 Å². The summed E-state index contributed by atoms with van der Waals surface area (Å²) >= 11 is 0. The highest BCUT2D eigenvalue weighted by atomic mass is 15.1. The van der Waals surface area contributed by atoms with Gasteiger partial charge >= 0.3 is 0 Å². The number of aromatic nitrogens is 4. The zero-order valence-electron chi connectivity index (χ0n) is 11.7. The molecule has 4 heterocycles. The number of nitrogens with one attached hydrogen (secondary N) is 2. The number of aromatic amines is 1. The maximum absolute atomic E-state index is 4.87. The lowest BCUT2D eigenvalue weighted by molar-refractivity contribution is 0.454. The maximum Gasteiger partial charge on any atom is 0.155 e. The molecule has 0 aliphatic carbocycles. The molecule has 0 aromatic carbocycles. The second-order valence-electron chi connectivity index (χ2n) is 5.49. The maximum atomic E-state index is 4.87. The number of pyridine rings is 2.